The lowest BCUT2D eigenvalue weighted by Crippen LogP contribution is -2.43. The van der Waals surface area contributed by atoms with Crippen molar-refractivity contribution in [2.24, 2.45) is 5.92 Å². The molecule has 31 heavy (non-hydrogen) atoms. The molecular formula is C24H25ClN4O2. The lowest BCUT2D eigenvalue weighted by molar-refractivity contribution is -0.125. The SMILES string of the molecule is COc1ccc(-c2cc(N3CCCC(C(=O)NCc4ccccc4Cl)C3)ncn2)cc1. The summed E-state index contributed by atoms with van der Waals surface area (Å²) in [6.45, 7) is 1.94. The second-order valence-electron chi connectivity index (χ2n) is 7.58. The number of ether oxygens (including phenoxy) is 1. The molecule has 7 heteroatoms. The maximum atomic E-state index is 12.8. The number of amides is 1. The summed E-state index contributed by atoms with van der Waals surface area (Å²) in [6, 6.07) is 17.3. The molecule has 1 saturated heterocycles. The third-order valence-electron chi connectivity index (χ3n) is 5.57. The highest BCUT2D eigenvalue weighted by atomic mass is 35.5. The van der Waals surface area contributed by atoms with Gasteiger partial charge in [-0.25, -0.2) is 9.97 Å². The molecule has 160 valence electrons. The van der Waals surface area contributed by atoms with Gasteiger partial charge < -0.3 is 15.0 Å². The number of anilines is 1. The van der Waals surface area contributed by atoms with E-state index in [0.29, 0.717) is 18.1 Å². The van der Waals surface area contributed by atoms with Crippen molar-refractivity contribution >= 4 is 23.3 Å². The first-order valence-electron chi connectivity index (χ1n) is 10.4. The fourth-order valence-corrected chi connectivity index (χ4v) is 4.01. The van der Waals surface area contributed by atoms with Crippen molar-refractivity contribution in [1.82, 2.24) is 15.3 Å². The molecule has 1 fully saturated rings. The number of benzene rings is 2. The van der Waals surface area contributed by atoms with Crippen LogP contribution >= 0.6 is 11.6 Å². The minimum absolute atomic E-state index is 0.0500. The van der Waals surface area contributed by atoms with Gasteiger partial charge in [-0.05, 0) is 48.7 Å². The lowest BCUT2D eigenvalue weighted by Gasteiger charge is -2.33. The molecule has 1 unspecified atom stereocenters. The van der Waals surface area contributed by atoms with Crippen molar-refractivity contribution in [3.63, 3.8) is 0 Å². The van der Waals surface area contributed by atoms with Gasteiger partial charge in [-0.15, -0.1) is 0 Å². The van der Waals surface area contributed by atoms with Gasteiger partial charge >= 0.3 is 0 Å². The molecule has 1 N–H and O–H groups in total. The van der Waals surface area contributed by atoms with Crippen molar-refractivity contribution in [1.29, 1.82) is 0 Å². The van der Waals surface area contributed by atoms with Gasteiger partial charge in [-0.2, -0.15) is 0 Å². The molecular weight excluding hydrogens is 412 g/mol. The highest BCUT2D eigenvalue weighted by Gasteiger charge is 2.26. The van der Waals surface area contributed by atoms with E-state index >= 15 is 0 Å². The first-order valence-corrected chi connectivity index (χ1v) is 10.7. The molecule has 1 aliphatic rings. The summed E-state index contributed by atoms with van der Waals surface area (Å²) in [5.41, 5.74) is 2.76. The number of carbonyl (C=O) groups is 1. The summed E-state index contributed by atoms with van der Waals surface area (Å²) in [6.07, 6.45) is 3.38. The minimum atomic E-state index is -0.0874. The summed E-state index contributed by atoms with van der Waals surface area (Å²) in [5.74, 6) is 1.61. The van der Waals surface area contributed by atoms with Crippen LogP contribution in [0.5, 0.6) is 5.75 Å². The standard InChI is InChI=1S/C24H25ClN4O2/c1-31-20-10-8-17(9-11-20)22-13-23(28-16-27-22)29-12-4-6-19(15-29)24(30)26-14-18-5-2-3-7-21(18)25/h2-3,5,7-11,13,16,19H,4,6,12,14-15H2,1H3,(H,26,30). The molecule has 1 aliphatic heterocycles. The molecule has 0 aliphatic carbocycles. The normalized spacial score (nSPS) is 16.1. The number of piperidine rings is 1. The lowest BCUT2D eigenvalue weighted by atomic mass is 9.97. The van der Waals surface area contributed by atoms with Crippen molar-refractivity contribution in [3.8, 4) is 17.0 Å². The first kappa shape index (κ1) is 21.1. The number of methoxy groups -OCH3 is 1. The van der Waals surface area contributed by atoms with Crippen LogP contribution in [0.4, 0.5) is 5.82 Å². The zero-order valence-electron chi connectivity index (χ0n) is 17.4. The number of nitrogens with zero attached hydrogens (tertiary/aromatic N) is 3. The van der Waals surface area contributed by atoms with Gasteiger partial charge in [0.1, 0.15) is 17.9 Å². The maximum absolute atomic E-state index is 12.8. The topological polar surface area (TPSA) is 67.3 Å². The van der Waals surface area contributed by atoms with Crippen LogP contribution in [-0.2, 0) is 11.3 Å². The minimum Gasteiger partial charge on any atom is -0.497 e. The highest BCUT2D eigenvalue weighted by molar-refractivity contribution is 6.31. The summed E-state index contributed by atoms with van der Waals surface area (Å²) in [7, 11) is 1.65. The van der Waals surface area contributed by atoms with Gasteiger partial charge in [0, 0.05) is 36.3 Å². The van der Waals surface area contributed by atoms with E-state index in [1.807, 2.05) is 54.6 Å². The molecule has 4 rings (SSSR count). The molecule has 1 amide bonds. The Balaban J connectivity index is 1.42. The number of aromatic nitrogens is 2. The van der Waals surface area contributed by atoms with E-state index in [9.17, 15) is 4.79 Å². The summed E-state index contributed by atoms with van der Waals surface area (Å²) in [5, 5.41) is 3.70. The number of rotatable bonds is 6. The van der Waals surface area contributed by atoms with E-state index in [-0.39, 0.29) is 11.8 Å². The Bertz CT molecular complexity index is 1040. The van der Waals surface area contributed by atoms with Crippen LogP contribution in [0.3, 0.4) is 0 Å². The molecule has 1 aromatic heterocycles. The maximum Gasteiger partial charge on any atom is 0.225 e. The van der Waals surface area contributed by atoms with E-state index < -0.39 is 0 Å². The Kier molecular flexibility index (Phi) is 6.67. The Morgan fingerprint density at radius 1 is 1.19 bits per heavy atom. The molecule has 2 heterocycles. The van der Waals surface area contributed by atoms with E-state index in [1.54, 1.807) is 13.4 Å². The van der Waals surface area contributed by atoms with Gasteiger partial charge in [0.05, 0.1) is 18.7 Å². The average Bonchev–Trinajstić information content (AvgIpc) is 2.83. The second kappa shape index (κ2) is 9.79. The van der Waals surface area contributed by atoms with E-state index in [4.69, 9.17) is 16.3 Å². The Morgan fingerprint density at radius 3 is 2.77 bits per heavy atom. The molecule has 3 aromatic rings. The van der Waals surface area contributed by atoms with E-state index in [2.05, 4.69) is 20.2 Å². The largest absolute Gasteiger partial charge is 0.497 e. The number of carbonyl (C=O) groups excluding carboxylic acids is 1. The van der Waals surface area contributed by atoms with E-state index in [1.165, 1.54) is 0 Å². The van der Waals surface area contributed by atoms with Gasteiger partial charge in [0.2, 0.25) is 5.91 Å². The number of nitrogens with one attached hydrogen (secondary N) is 1. The van der Waals surface area contributed by atoms with Crippen molar-refractivity contribution < 1.29 is 9.53 Å². The predicted molar refractivity (Wildman–Crippen MR) is 122 cm³/mol. The molecule has 0 bridgehead atoms. The quantitative estimate of drug-likeness (QED) is 0.622. The fourth-order valence-electron chi connectivity index (χ4n) is 3.81. The number of hydrogen-bond acceptors (Lipinski definition) is 5. The molecule has 0 radical (unpaired) electrons. The zero-order chi connectivity index (χ0) is 21.6. The van der Waals surface area contributed by atoms with Crippen LogP contribution in [0, 0.1) is 5.92 Å². The Hall–Kier alpha value is -3.12. The van der Waals surface area contributed by atoms with E-state index in [0.717, 1.165) is 47.8 Å². The van der Waals surface area contributed by atoms with Crippen LogP contribution in [0.25, 0.3) is 11.3 Å². The Morgan fingerprint density at radius 2 is 2.00 bits per heavy atom. The van der Waals surface area contributed by atoms with Gasteiger partial charge in [0.15, 0.2) is 0 Å². The third kappa shape index (κ3) is 5.14. The summed E-state index contributed by atoms with van der Waals surface area (Å²) < 4.78 is 5.23. The molecule has 0 spiro atoms. The average molecular weight is 437 g/mol. The monoisotopic (exact) mass is 436 g/mol. The Labute approximate surface area is 187 Å². The van der Waals surface area contributed by atoms with Crippen LogP contribution in [-0.4, -0.2) is 36.1 Å². The van der Waals surface area contributed by atoms with Crippen LogP contribution in [0.2, 0.25) is 5.02 Å². The van der Waals surface area contributed by atoms with Crippen molar-refractivity contribution in [3.05, 3.63) is 71.5 Å². The summed E-state index contributed by atoms with van der Waals surface area (Å²) >= 11 is 6.20. The van der Waals surface area contributed by atoms with Crippen LogP contribution in [0.1, 0.15) is 18.4 Å². The smallest absolute Gasteiger partial charge is 0.225 e. The molecule has 6 nitrogen and oxygen atoms in total. The second-order valence-corrected chi connectivity index (χ2v) is 7.99. The van der Waals surface area contributed by atoms with Crippen LogP contribution in [0.15, 0.2) is 60.9 Å². The zero-order valence-corrected chi connectivity index (χ0v) is 18.2. The fraction of sp³-hybridized carbons (Fsp3) is 0.292. The van der Waals surface area contributed by atoms with Crippen molar-refractivity contribution in [2.75, 3.05) is 25.1 Å². The van der Waals surface area contributed by atoms with Crippen LogP contribution < -0.4 is 15.0 Å². The molecule has 2 aromatic carbocycles. The molecule has 0 saturated carbocycles. The number of halogens is 1. The van der Waals surface area contributed by atoms with Gasteiger partial charge in [-0.1, -0.05) is 29.8 Å². The third-order valence-corrected chi connectivity index (χ3v) is 5.93. The highest BCUT2D eigenvalue weighted by Crippen LogP contribution is 2.26. The summed E-state index contributed by atoms with van der Waals surface area (Å²) in [4.78, 5) is 23.8. The van der Waals surface area contributed by atoms with Gasteiger partial charge in [-0.3, -0.25) is 4.79 Å². The van der Waals surface area contributed by atoms with Crippen molar-refractivity contribution in [2.45, 2.75) is 19.4 Å². The first-order chi connectivity index (χ1) is 15.1. The van der Waals surface area contributed by atoms with Gasteiger partial charge in [0.25, 0.3) is 0 Å². The predicted octanol–water partition coefficient (Wildman–Crippen LogP) is 4.34. The molecule has 1 atom stereocenters. The number of hydrogen-bond donors (Lipinski definition) is 1.